The number of nitrogens with one attached hydrogen (secondary N) is 1. The fourth-order valence-electron chi connectivity index (χ4n) is 5.37. The van der Waals surface area contributed by atoms with Gasteiger partial charge in [0.1, 0.15) is 11.9 Å². The van der Waals surface area contributed by atoms with Gasteiger partial charge in [0.2, 0.25) is 0 Å². The maximum Gasteiger partial charge on any atom is 0.304 e. The van der Waals surface area contributed by atoms with Crippen LogP contribution in [0.4, 0.5) is 0 Å². The normalized spacial score (nSPS) is 26.0. The number of nitrogens with zero attached hydrogens (tertiary/aromatic N) is 1. The first-order valence-electron chi connectivity index (χ1n) is 12.6. The quantitative estimate of drug-likeness (QED) is 0.542. The van der Waals surface area contributed by atoms with E-state index in [-0.39, 0.29) is 17.9 Å². The first-order valence-corrected chi connectivity index (χ1v) is 12.6. The molecule has 1 saturated carbocycles. The predicted molar refractivity (Wildman–Crippen MR) is 125 cm³/mol. The Bertz CT molecular complexity index is 741. The lowest BCUT2D eigenvalue weighted by molar-refractivity contribution is -0.137. The Morgan fingerprint density at radius 2 is 2.06 bits per heavy atom. The van der Waals surface area contributed by atoms with Crippen molar-refractivity contribution >= 4 is 5.97 Å². The molecule has 4 rings (SSSR count). The van der Waals surface area contributed by atoms with Crippen LogP contribution in [-0.2, 0) is 16.0 Å². The summed E-state index contributed by atoms with van der Waals surface area (Å²) < 4.78 is 11.7. The second kappa shape index (κ2) is 11.0. The maximum absolute atomic E-state index is 11.0. The van der Waals surface area contributed by atoms with Crippen LogP contribution < -0.4 is 10.1 Å². The second-order valence-corrected chi connectivity index (χ2v) is 10.1. The first-order chi connectivity index (χ1) is 15.5. The standard InChI is InChI=1S/C26H40N2O4/c1-2-21-17-24(21)27-19-26(9-12-28(13-10-26)11-6-25(29)30)18-20-4-3-5-23(16-20)32-22-7-14-31-15-8-22/h3-5,16,21-22,24,27H,2,6-15,17-19H2,1H3,(H,29,30)/t21?,24-/m1/s1. The lowest BCUT2D eigenvalue weighted by atomic mass is 9.73. The molecule has 32 heavy (non-hydrogen) atoms. The monoisotopic (exact) mass is 444 g/mol. The summed E-state index contributed by atoms with van der Waals surface area (Å²) in [5.74, 6) is 1.12. The van der Waals surface area contributed by atoms with Crippen LogP contribution in [0, 0.1) is 11.3 Å². The van der Waals surface area contributed by atoms with E-state index in [2.05, 4.69) is 41.4 Å². The van der Waals surface area contributed by atoms with E-state index < -0.39 is 5.97 Å². The molecule has 0 amide bonds. The molecule has 1 unspecified atom stereocenters. The molecule has 2 atom stereocenters. The fourth-order valence-corrected chi connectivity index (χ4v) is 5.37. The highest BCUT2D eigenvalue weighted by Crippen LogP contribution is 2.38. The Balaban J connectivity index is 1.38. The Kier molecular flexibility index (Phi) is 8.08. The van der Waals surface area contributed by atoms with Gasteiger partial charge < -0.3 is 24.8 Å². The van der Waals surface area contributed by atoms with Gasteiger partial charge in [-0.15, -0.1) is 0 Å². The van der Waals surface area contributed by atoms with Crippen LogP contribution in [-0.4, -0.2) is 67.5 Å². The molecule has 0 radical (unpaired) electrons. The molecule has 2 aliphatic heterocycles. The van der Waals surface area contributed by atoms with E-state index in [1.165, 1.54) is 18.4 Å². The fraction of sp³-hybridized carbons (Fsp3) is 0.731. The Labute approximate surface area is 192 Å². The van der Waals surface area contributed by atoms with Gasteiger partial charge in [-0.05, 0) is 67.8 Å². The summed E-state index contributed by atoms with van der Waals surface area (Å²) in [5, 5.41) is 12.9. The number of hydrogen-bond acceptors (Lipinski definition) is 5. The van der Waals surface area contributed by atoms with Crippen molar-refractivity contribution in [1.82, 2.24) is 10.2 Å². The third-order valence-corrected chi connectivity index (χ3v) is 7.69. The van der Waals surface area contributed by atoms with E-state index in [1.807, 2.05) is 0 Å². The summed E-state index contributed by atoms with van der Waals surface area (Å²) in [6.45, 7) is 7.53. The zero-order valence-corrected chi connectivity index (χ0v) is 19.6. The van der Waals surface area contributed by atoms with Crippen molar-refractivity contribution in [3.8, 4) is 5.75 Å². The largest absolute Gasteiger partial charge is 0.490 e. The number of carboxylic acids is 1. The first kappa shape index (κ1) is 23.5. The maximum atomic E-state index is 11.0. The third-order valence-electron chi connectivity index (χ3n) is 7.69. The highest BCUT2D eigenvalue weighted by Gasteiger charge is 2.39. The van der Waals surface area contributed by atoms with E-state index in [0.29, 0.717) is 12.6 Å². The molecule has 0 bridgehead atoms. The lowest BCUT2D eigenvalue weighted by Crippen LogP contribution is -2.47. The summed E-state index contributed by atoms with van der Waals surface area (Å²) in [6.07, 6.45) is 8.24. The van der Waals surface area contributed by atoms with Crippen LogP contribution in [0.5, 0.6) is 5.75 Å². The highest BCUT2D eigenvalue weighted by atomic mass is 16.5. The van der Waals surface area contributed by atoms with Gasteiger partial charge in [0, 0.05) is 32.0 Å². The average molecular weight is 445 g/mol. The molecule has 1 aliphatic carbocycles. The van der Waals surface area contributed by atoms with Crippen LogP contribution >= 0.6 is 0 Å². The Morgan fingerprint density at radius 1 is 1.28 bits per heavy atom. The molecule has 2 heterocycles. The van der Waals surface area contributed by atoms with Gasteiger partial charge in [0.25, 0.3) is 0 Å². The van der Waals surface area contributed by atoms with Gasteiger partial charge in [-0.1, -0.05) is 25.5 Å². The number of hydrogen-bond donors (Lipinski definition) is 2. The number of aliphatic carboxylic acids is 1. The molecule has 3 aliphatic rings. The molecule has 1 aromatic carbocycles. The summed E-state index contributed by atoms with van der Waals surface area (Å²) in [4.78, 5) is 13.3. The number of benzene rings is 1. The molecule has 0 aromatic heterocycles. The van der Waals surface area contributed by atoms with Gasteiger partial charge >= 0.3 is 5.97 Å². The van der Waals surface area contributed by atoms with Gasteiger partial charge in [-0.2, -0.15) is 0 Å². The molecule has 3 fully saturated rings. The second-order valence-electron chi connectivity index (χ2n) is 10.1. The smallest absolute Gasteiger partial charge is 0.304 e. The summed E-state index contributed by atoms with van der Waals surface area (Å²) in [7, 11) is 0. The minimum absolute atomic E-state index is 0.220. The summed E-state index contributed by atoms with van der Waals surface area (Å²) >= 11 is 0. The number of carboxylic acid groups (broad SMARTS) is 1. The molecule has 1 aromatic rings. The van der Waals surface area contributed by atoms with E-state index in [1.54, 1.807) is 0 Å². The van der Waals surface area contributed by atoms with Crippen molar-refractivity contribution in [1.29, 1.82) is 0 Å². The summed E-state index contributed by atoms with van der Waals surface area (Å²) in [5.41, 5.74) is 1.57. The lowest BCUT2D eigenvalue weighted by Gasteiger charge is -2.42. The molecule has 6 nitrogen and oxygen atoms in total. The number of piperidine rings is 1. The van der Waals surface area contributed by atoms with Crippen LogP contribution in [0.25, 0.3) is 0 Å². The molecule has 178 valence electrons. The zero-order valence-electron chi connectivity index (χ0n) is 19.6. The number of carbonyl (C=O) groups is 1. The number of ether oxygens (including phenoxy) is 2. The van der Waals surface area contributed by atoms with Crippen molar-refractivity contribution in [2.75, 3.05) is 39.4 Å². The minimum atomic E-state index is -0.704. The number of likely N-dealkylation sites (tertiary alicyclic amines) is 1. The van der Waals surface area contributed by atoms with Crippen molar-refractivity contribution in [3.05, 3.63) is 29.8 Å². The minimum Gasteiger partial charge on any atom is -0.490 e. The molecule has 0 spiro atoms. The zero-order chi connectivity index (χ0) is 22.4. The summed E-state index contributed by atoms with van der Waals surface area (Å²) in [6, 6.07) is 9.36. The van der Waals surface area contributed by atoms with Crippen molar-refractivity contribution in [3.63, 3.8) is 0 Å². The van der Waals surface area contributed by atoms with Gasteiger partial charge in [0.05, 0.1) is 19.6 Å². The Morgan fingerprint density at radius 3 is 2.75 bits per heavy atom. The van der Waals surface area contributed by atoms with E-state index in [0.717, 1.165) is 76.6 Å². The van der Waals surface area contributed by atoms with E-state index in [9.17, 15) is 4.79 Å². The topological polar surface area (TPSA) is 71.0 Å². The van der Waals surface area contributed by atoms with E-state index in [4.69, 9.17) is 14.6 Å². The van der Waals surface area contributed by atoms with Crippen molar-refractivity contribution in [2.45, 2.75) is 70.4 Å². The van der Waals surface area contributed by atoms with Gasteiger partial charge in [-0.3, -0.25) is 4.79 Å². The average Bonchev–Trinajstić information content (AvgIpc) is 3.57. The van der Waals surface area contributed by atoms with Crippen LogP contribution in [0.3, 0.4) is 0 Å². The SMILES string of the molecule is CCC1C[C@H]1NCC1(Cc2cccc(OC3CCOCC3)c2)CCN(CCC(=O)O)CC1. The van der Waals surface area contributed by atoms with Gasteiger partial charge in [-0.25, -0.2) is 0 Å². The predicted octanol–water partition coefficient (Wildman–Crippen LogP) is 3.73. The van der Waals surface area contributed by atoms with Crippen LogP contribution in [0.15, 0.2) is 24.3 Å². The third kappa shape index (κ3) is 6.69. The van der Waals surface area contributed by atoms with Crippen molar-refractivity contribution in [2.24, 2.45) is 11.3 Å². The number of rotatable bonds is 11. The van der Waals surface area contributed by atoms with Gasteiger partial charge in [0.15, 0.2) is 0 Å². The van der Waals surface area contributed by atoms with Crippen LogP contribution in [0.2, 0.25) is 0 Å². The van der Waals surface area contributed by atoms with E-state index >= 15 is 0 Å². The highest BCUT2D eigenvalue weighted by molar-refractivity contribution is 5.66. The Hall–Kier alpha value is -1.63. The molecular formula is C26H40N2O4. The molecule has 2 N–H and O–H groups in total. The molecular weight excluding hydrogens is 404 g/mol. The molecule has 6 heteroatoms. The van der Waals surface area contributed by atoms with Crippen molar-refractivity contribution < 1.29 is 19.4 Å². The van der Waals surface area contributed by atoms with Crippen LogP contribution in [0.1, 0.15) is 57.4 Å². The molecule has 2 saturated heterocycles.